The molecule has 2 aromatic rings. The van der Waals surface area contributed by atoms with E-state index in [4.69, 9.17) is 9.47 Å². The summed E-state index contributed by atoms with van der Waals surface area (Å²) < 4.78 is 10.1. The lowest BCUT2D eigenvalue weighted by Crippen LogP contribution is -2.32. The zero-order chi connectivity index (χ0) is 17.4. The Morgan fingerprint density at radius 1 is 1.17 bits per heavy atom. The number of rotatable bonds is 8. The maximum Gasteiger partial charge on any atom is 0.307 e. The lowest BCUT2D eigenvalue weighted by atomic mass is 10.2. The maximum absolute atomic E-state index is 12.7. The topological polar surface area (TPSA) is 55.8 Å². The van der Waals surface area contributed by atoms with E-state index >= 15 is 0 Å². The van der Waals surface area contributed by atoms with E-state index in [9.17, 15) is 9.59 Å². The third-order valence-corrected chi connectivity index (χ3v) is 4.30. The fraction of sp³-hybridized carbons (Fsp3) is 0.333. The minimum absolute atomic E-state index is 0.0786. The molecule has 0 saturated heterocycles. The highest BCUT2D eigenvalue weighted by Crippen LogP contribution is 2.17. The first kappa shape index (κ1) is 18.0. The number of benzene rings is 1. The number of nitrogens with zero attached hydrogens (tertiary/aromatic N) is 1. The first-order chi connectivity index (χ1) is 11.6. The number of amides is 1. The van der Waals surface area contributed by atoms with Crippen LogP contribution in [0.2, 0.25) is 0 Å². The van der Waals surface area contributed by atoms with E-state index in [0.29, 0.717) is 24.6 Å². The zero-order valence-electron chi connectivity index (χ0n) is 13.9. The Kier molecular flexibility index (Phi) is 6.81. The molecule has 0 aliphatic carbocycles. The molecule has 128 valence electrons. The Labute approximate surface area is 145 Å². The lowest BCUT2D eigenvalue weighted by Gasteiger charge is -2.22. The van der Waals surface area contributed by atoms with Crippen molar-refractivity contribution >= 4 is 23.2 Å². The fourth-order valence-electron chi connectivity index (χ4n) is 2.22. The SMILES string of the molecule is CCOC(=O)CCN(Cc1ccc(OC)cc1)C(=O)c1cccs1. The molecular formula is C18H21NO4S. The first-order valence-electron chi connectivity index (χ1n) is 7.75. The van der Waals surface area contributed by atoms with Gasteiger partial charge in [0.15, 0.2) is 0 Å². The Balaban J connectivity index is 2.08. The summed E-state index contributed by atoms with van der Waals surface area (Å²) in [5, 5.41) is 1.87. The summed E-state index contributed by atoms with van der Waals surface area (Å²) in [6, 6.07) is 11.2. The first-order valence-corrected chi connectivity index (χ1v) is 8.63. The smallest absolute Gasteiger partial charge is 0.307 e. The number of thiophene rings is 1. The molecule has 0 aliphatic heterocycles. The highest BCUT2D eigenvalue weighted by atomic mass is 32.1. The van der Waals surface area contributed by atoms with Gasteiger partial charge in [-0.1, -0.05) is 18.2 Å². The van der Waals surface area contributed by atoms with Crippen LogP contribution in [0, 0.1) is 0 Å². The van der Waals surface area contributed by atoms with E-state index in [2.05, 4.69) is 0 Å². The molecule has 1 aromatic carbocycles. The van der Waals surface area contributed by atoms with Crippen molar-refractivity contribution < 1.29 is 19.1 Å². The number of carbonyl (C=O) groups excluding carboxylic acids is 2. The molecule has 0 fully saturated rings. The maximum atomic E-state index is 12.7. The van der Waals surface area contributed by atoms with Crippen molar-refractivity contribution in [3.63, 3.8) is 0 Å². The molecule has 1 aromatic heterocycles. The summed E-state index contributed by atoms with van der Waals surface area (Å²) in [7, 11) is 1.61. The Bertz CT molecular complexity index is 652. The molecular weight excluding hydrogens is 326 g/mol. The second-order valence-electron chi connectivity index (χ2n) is 5.11. The van der Waals surface area contributed by atoms with Gasteiger partial charge in [-0.15, -0.1) is 11.3 Å². The van der Waals surface area contributed by atoms with Crippen LogP contribution in [0.25, 0.3) is 0 Å². The molecule has 0 spiro atoms. The number of hydrogen-bond acceptors (Lipinski definition) is 5. The van der Waals surface area contributed by atoms with Gasteiger partial charge in [-0.05, 0) is 36.1 Å². The van der Waals surface area contributed by atoms with E-state index in [1.807, 2.05) is 35.7 Å². The average molecular weight is 347 g/mol. The van der Waals surface area contributed by atoms with Crippen LogP contribution in [0.1, 0.15) is 28.6 Å². The van der Waals surface area contributed by atoms with Gasteiger partial charge >= 0.3 is 5.97 Å². The summed E-state index contributed by atoms with van der Waals surface area (Å²) >= 11 is 1.39. The number of carbonyl (C=O) groups is 2. The van der Waals surface area contributed by atoms with Crippen LogP contribution in [0.15, 0.2) is 41.8 Å². The minimum Gasteiger partial charge on any atom is -0.497 e. The third-order valence-electron chi connectivity index (χ3n) is 3.44. The molecule has 24 heavy (non-hydrogen) atoms. The molecule has 5 nitrogen and oxygen atoms in total. The average Bonchev–Trinajstić information content (AvgIpc) is 3.13. The number of methoxy groups -OCH3 is 1. The van der Waals surface area contributed by atoms with Gasteiger partial charge in [0.05, 0.1) is 25.0 Å². The highest BCUT2D eigenvalue weighted by Gasteiger charge is 2.18. The Hall–Kier alpha value is -2.34. The van der Waals surface area contributed by atoms with Crippen LogP contribution in [0.5, 0.6) is 5.75 Å². The second kappa shape index (κ2) is 9.08. The molecule has 0 radical (unpaired) electrons. The molecule has 6 heteroatoms. The van der Waals surface area contributed by atoms with Gasteiger partial charge in [0.2, 0.25) is 0 Å². The van der Waals surface area contributed by atoms with Crippen molar-refractivity contribution in [3.05, 3.63) is 52.2 Å². The summed E-state index contributed by atoms with van der Waals surface area (Å²) in [5.41, 5.74) is 0.976. The van der Waals surface area contributed by atoms with Crippen LogP contribution in [0.3, 0.4) is 0 Å². The number of ether oxygens (including phenoxy) is 2. The molecule has 2 rings (SSSR count). The summed E-state index contributed by atoms with van der Waals surface area (Å²) in [6.07, 6.45) is 0.182. The lowest BCUT2D eigenvalue weighted by molar-refractivity contribution is -0.143. The van der Waals surface area contributed by atoms with E-state index in [1.54, 1.807) is 25.0 Å². The normalized spacial score (nSPS) is 10.2. The molecule has 1 amide bonds. The van der Waals surface area contributed by atoms with E-state index in [0.717, 1.165) is 11.3 Å². The Morgan fingerprint density at radius 2 is 1.92 bits per heavy atom. The molecule has 1 heterocycles. The van der Waals surface area contributed by atoms with Gasteiger partial charge in [-0.2, -0.15) is 0 Å². The highest BCUT2D eigenvalue weighted by molar-refractivity contribution is 7.12. The zero-order valence-corrected chi connectivity index (χ0v) is 14.7. The van der Waals surface area contributed by atoms with Crippen molar-refractivity contribution in [1.29, 1.82) is 0 Å². The van der Waals surface area contributed by atoms with Gasteiger partial charge in [0.1, 0.15) is 5.75 Å². The van der Waals surface area contributed by atoms with Crippen LogP contribution in [-0.4, -0.2) is 37.0 Å². The van der Waals surface area contributed by atoms with Crippen molar-refractivity contribution in [2.45, 2.75) is 19.9 Å². The fourth-order valence-corrected chi connectivity index (χ4v) is 2.91. The van der Waals surface area contributed by atoms with Crippen LogP contribution < -0.4 is 4.74 Å². The summed E-state index contributed by atoms with van der Waals surface area (Å²) in [4.78, 5) is 26.6. The predicted molar refractivity (Wildman–Crippen MR) is 93.3 cm³/mol. The van der Waals surface area contributed by atoms with Gasteiger partial charge in [-0.3, -0.25) is 9.59 Å². The minimum atomic E-state index is -0.295. The summed E-state index contributed by atoms with van der Waals surface area (Å²) in [6.45, 7) is 2.86. The van der Waals surface area contributed by atoms with Crippen molar-refractivity contribution in [1.82, 2.24) is 4.90 Å². The van der Waals surface area contributed by atoms with E-state index in [1.165, 1.54) is 11.3 Å². The van der Waals surface area contributed by atoms with E-state index < -0.39 is 0 Å². The molecule has 0 aliphatic rings. The van der Waals surface area contributed by atoms with Crippen LogP contribution in [-0.2, 0) is 16.1 Å². The molecule has 0 saturated carbocycles. The van der Waals surface area contributed by atoms with Crippen molar-refractivity contribution in [3.8, 4) is 5.75 Å². The van der Waals surface area contributed by atoms with E-state index in [-0.39, 0.29) is 18.3 Å². The monoisotopic (exact) mass is 347 g/mol. The van der Waals surface area contributed by atoms with Crippen molar-refractivity contribution in [2.24, 2.45) is 0 Å². The quantitative estimate of drug-likeness (QED) is 0.687. The van der Waals surface area contributed by atoms with Crippen molar-refractivity contribution in [2.75, 3.05) is 20.3 Å². The third kappa shape index (κ3) is 5.09. The van der Waals surface area contributed by atoms with Gasteiger partial charge in [0, 0.05) is 13.1 Å². The molecule has 0 N–H and O–H groups in total. The number of esters is 1. The molecule has 0 atom stereocenters. The largest absolute Gasteiger partial charge is 0.497 e. The second-order valence-corrected chi connectivity index (χ2v) is 6.05. The predicted octanol–water partition coefficient (Wildman–Crippen LogP) is 3.35. The molecule has 0 unspecified atom stereocenters. The Morgan fingerprint density at radius 3 is 2.50 bits per heavy atom. The molecule has 0 bridgehead atoms. The van der Waals surface area contributed by atoms with Crippen LogP contribution in [0.4, 0.5) is 0 Å². The summed E-state index contributed by atoms with van der Waals surface area (Å²) in [5.74, 6) is 0.391. The number of hydrogen-bond donors (Lipinski definition) is 0. The van der Waals surface area contributed by atoms with Gasteiger partial charge in [0.25, 0.3) is 5.91 Å². The standard InChI is InChI=1S/C18H21NO4S/c1-3-23-17(20)10-11-19(18(21)16-5-4-12-24-16)13-14-6-8-15(22-2)9-7-14/h4-9,12H,3,10-11,13H2,1-2H3. The van der Waals surface area contributed by atoms with Gasteiger partial charge < -0.3 is 14.4 Å². The van der Waals surface area contributed by atoms with Crippen LogP contribution >= 0.6 is 11.3 Å². The van der Waals surface area contributed by atoms with Gasteiger partial charge in [-0.25, -0.2) is 0 Å².